The van der Waals surface area contributed by atoms with Crippen LogP contribution in [0.15, 0.2) is 36.5 Å². The summed E-state index contributed by atoms with van der Waals surface area (Å²) in [5.74, 6) is 1.73. The molecular formula is C19H25N3O3. The molecule has 25 heavy (non-hydrogen) atoms. The highest BCUT2D eigenvalue weighted by molar-refractivity contribution is 6.05. The second-order valence-electron chi connectivity index (χ2n) is 5.59. The number of unbranched alkanes of at least 4 members (excludes halogenated alkanes) is 2. The normalized spacial score (nSPS) is 10.2. The summed E-state index contributed by atoms with van der Waals surface area (Å²) < 4.78 is 10.4. The average molecular weight is 343 g/mol. The highest BCUT2D eigenvalue weighted by atomic mass is 16.5. The van der Waals surface area contributed by atoms with Gasteiger partial charge in [-0.3, -0.25) is 4.79 Å². The number of ether oxygens (including phenoxy) is 2. The third-order valence-corrected chi connectivity index (χ3v) is 3.77. The minimum Gasteiger partial charge on any atom is -0.497 e. The lowest BCUT2D eigenvalue weighted by Gasteiger charge is -2.12. The highest BCUT2D eigenvalue weighted by Crippen LogP contribution is 2.29. The second kappa shape index (κ2) is 9.52. The van der Waals surface area contributed by atoms with Gasteiger partial charge in [0.1, 0.15) is 17.3 Å². The maximum Gasteiger partial charge on any atom is 0.257 e. The minimum atomic E-state index is -0.242. The monoisotopic (exact) mass is 343 g/mol. The lowest BCUT2D eigenvalue weighted by atomic mass is 10.2. The minimum absolute atomic E-state index is 0.242. The molecular weight excluding hydrogens is 318 g/mol. The van der Waals surface area contributed by atoms with Gasteiger partial charge < -0.3 is 20.1 Å². The van der Waals surface area contributed by atoms with Crippen molar-refractivity contribution in [1.29, 1.82) is 0 Å². The van der Waals surface area contributed by atoms with E-state index in [4.69, 9.17) is 9.47 Å². The summed E-state index contributed by atoms with van der Waals surface area (Å²) >= 11 is 0. The van der Waals surface area contributed by atoms with Crippen LogP contribution in [0.5, 0.6) is 11.5 Å². The number of hydrogen-bond donors (Lipinski definition) is 2. The summed E-state index contributed by atoms with van der Waals surface area (Å²) in [6.07, 6.45) is 5.05. The van der Waals surface area contributed by atoms with Crippen LogP contribution in [0.2, 0.25) is 0 Å². The quantitative estimate of drug-likeness (QED) is 0.675. The van der Waals surface area contributed by atoms with Crippen molar-refractivity contribution >= 4 is 17.4 Å². The number of nitrogens with one attached hydrogen (secondary N) is 2. The molecule has 0 saturated carbocycles. The van der Waals surface area contributed by atoms with Crippen LogP contribution in [-0.2, 0) is 0 Å². The van der Waals surface area contributed by atoms with Gasteiger partial charge in [-0.2, -0.15) is 0 Å². The van der Waals surface area contributed by atoms with Crippen molar-refractivity contribution in [3.63, 3.8) is 0 Å². The molecule has 0 atom stereocenters. The maximum atomic E-state index is 12.4. The van der Waals surface area contributed by atoms with Crippen LogP contribution in [0.4, 0.5) is 11.5 Å². The molecule has 134 valence electrons. The molecule has 0 aliphatic heterocycles. The van der Waals surface area contributed by atoms with Gasteiger partial charge in [0.25, 0.3) is 5.91 Å². The van der Waals surface area contributed by atoms with Crippen molar-refractivity contribution in [2.45, 2.75) is 26.2 Å². The standard InChI is InChI=1S/C19H25N3O3/c1-4-5-6-11-20-18-10-7-14(13-21-18)19(23)22-16-9-8-15(24-2)12-17(16)25-3/h7-10,12-13H,4-6,11H2,1-3H3,(H,20,21)(H,22,23). The van der Waals surface area contributed by atoms with E-state index in [1.807, 2.05) is 6.07 Å². The van der Waals surface area contributed by atoms with E-state index in [1.54, 1.807) is 44.7 Å². The number of methoxy groups -OCH3 is 2. The van der Waals surface area contributed by atoms with Crippen molar-refractivity contribution in [1.82, 2.24) is 4.98 Å². The van der Waals surface area contributed by atoms with Crippen LogP contribution in [0.25, 0.3) is 0 Å². The van der Waals surface area contributed by atoms with Crippen LogP contribution in [0.3, 0.4) is 0 Å². The molecule has 2 N–H and O–H groups in total. The molecule has 0 spiro atoms. The molecule has 2 rings (SSSR count). The molecule has 1 aromatic heterocycles. The van der Waals surface area contributed by atoms with Crippen LogP contribution in [-0.4, -0.2) is 31.7 Å². The summed E-state index contributed by atoms with van der Waals surface area (Å²) in [7, 11) is 3.13. The van der Waals surface area contributed by atoms with Gasteiger partial charge in [0, 0.05) is 18.8 Å². The number of aromatic nitrogens is 1. The molecule has 6 heteroatoms. The van der Waals surface area contributed by atoms with Gasteiger partial charge in [-0.15, -0.1) is 0 Å². The first-order valence-corrected chi connectivity index (χ1v) is 8.41. The summed E-state index contributed by atoms with van der Waals surface area (Å²) in [4.78, 5) is 16.7. The second-order valence-corrected chi connectivity index (χ2v) is 5.59. The number of amides is 1. The van der Waals surface area contributed by atoms with Gasteiger partial charge in [-0.25, -0.2) is 4.98 Å². The summed E-state index contributed by atoms with van der Waals surface area (Å²) in [6, 6.07) is 8.79. The largest absolute Gasteiger partial charge is 0.497 e. The molecule has 1 amide bonds. The van der Waals surface area contributed by atoms with Crippen LogP contribution >= 0.6 is 0 Å². The summed E-state index contributed by atoms with van der Waals surface area (Å²) in [5.41, 5.74) is 1.06. The summed E-state index contributed by atoms with van der Waals surface area (Å²) in [6.45, 7) is 3.05. The third kappa shape index (κ3) is 5.38. The van der Waals surface area contributed by atoms with Crippen molar-refractivity contribution in [3.05, 3.63) is 42.1 Å². The van der Waals surface area contributed by atoms with Crippen molar-refractivity contribution < 1.29 is 14.3 Å². The Morgan fingerprint density at radius 1 is 1.12 bits per heavy atom. The van der Waals surface area contributed by atoms with E-state index in [2.05, 4.69) is 22.5 Å². The molecule has 0 aliphatic rings. The van der Waals surface area contributed by atoms with E-state index in [-0.39, 0.29) is 5.91 Å². The maximum absolute atomic E-state index is 12.4. The Balaban J connectivity index is 1.99. The summed E-state index contributed by atoms with van der Waals surface area (Å²) in [5, 5.41) is 6.08. The lowest BCUT2D eigenvalue weighted by Crippen LogP contribution is -2.13. The number of nitrogens with zero attached hydrogens (tertiary/aromatic N) is 1. The van der Waals surface area contributed by atoms with E-state index >= 15 is 0 Å². The zero-order valence-electron chi connectivity index (χ0n) is 15.0. The highest BCUT2D eigenvalue weighted by Gasteiger charge is 2.11. The van der Waals surface area contributed by atoms with E-state index in [1.165, 1.54) is 12.8 Å². The van der Waals surface area contributed by atoms with Crippen LogP contribution < -0.4 is 20.1 Å². The van der Waals surface area contributed by atoms with Crippen LogP contribution in [0.1, 0.15) is 36.5 Å². The molecule has 0 radical (unpaired) electrons. The number of carbonyl (C=O) groups is 1. The molecule has 1 heterocycles. The number of benzene rings is 1. The molecule has 1 aromatic carbocycles. The number of rotatable bonds is 9. The Labute approximate surface area is 148 Å². The molecule has 0 fully saturated rings. The molecule has 6 nitrogen and oxygen atoms in total. The van der Waals surface area contributed by atoms with E-state index in [9.17, 15) is 4.79 Å². The Kier molecular flexibility index (Phi) is 7.07. The van der Waals surface area contributed by atoms with Crippen molar-refractivity contribution in [2.24, 2.45) is 0 Å². The van der Waals surface area contributed by atoms with Crippen LogP contribution in [0, 0.1) is 0 Å². The molecule has 0 unspecified atom stereocenters. The van der Waals surface area contributed by atoms with Gasteiger partial charge >= 0.3 is 0 Å². The van der Waals surface area contributed by atoms with Crippen molar-refractivity contribution in [2.75, 3.05) is 31.4 Å². The Morgan fingerprint density at radius 2 is 1.96 bits per heavy atom. The van der Waals surface area contributed by atoms with E-state index < -0.39 is 0 Å². The Hall–Kier alpha value is -2.76. The topological polar surface area (TPSA) is 72.5 Å². The smallest absolute Gasteiger partial charge is 0.257 e. The fourth-order valence-electron chi connectivity index (χ4n) is 2.32. The first-order valence-electron chi connectivity index (χ1n) is 8.41. The Morgan fingerprint density at radius 3 is 2.60 bits per heavy atom. The average Bonchev–Trinajstić information content (AvgIpc) is 2.66. The molecule has 0 saturated heterocycles. The molecule has 0 bridgehead atoms. The van der Waals surface area contributed by atoms with Crippen molar-refractivity contribution in [3.8, 4) is 11.5 Å². The SMILES string of the molecule is CCCCCNc1ccc(C(=O)Nc2ccc(OC)cc2OC)cn1. The third-order valence-electron chi connectivity index (χ3n) is 3.77. The molecule has 2 aromatic rings. The fraction of sp³-hybridized carbons (Fsp3) is 0.368. The van der Waals surface area contributed by atoms with Gasteiger partial charge in [-0.05, 0) is 30.7 Å². The van der Waals surface area contributed by atoms with E-state index in [0.29, 0.717) is 22.7 Å². The van der Waals surface area contributed by atoms with Gasteiger partial charge in [0.05, 0.1) is 25.5 Å². The molecule has 0 aliphatic carbocycles. The predicted molar refractivity (Wildman–Crippen MR) is 99.8 cm³/mol. The van der Waals surface area contributed by atoms with Gasteiger partial charge in [0.2, 0.25) is 0 Å². The fourth-order valence-corrected chi connectivity index (χ4v) is 2.32. The number of carbonyl (C=O) groups excluding carboxylic acids is 1. The number of anilines is 2. The Bertz CT molecular complexity index is 687. The first kappa shape index (κ1) is 18.6. The zero-order valence-corrected chi connectivity index (χ0v) is 15.0. The lowest BCUT2D eigenvalue weighted by molar-refractivity contribution is 0.102. The van der Waals surface area contributed by atoms with Gasteiger partial charge in [-0.1, -0.05) is 19.8 Å². The van der Waals surface area contributed by atoms with Gasteiger partial charge in [0.15, 0.2) is 0 Å². The number of hydrogen-bond acceptors (Lipinski definition) is 5. The number of pyridine rings is 1. The van der Waals surface area contributed by atoms with E-state index in [0.717, 1.165) is 18.8 Å². The first-order chi connectivity index (χ1) is 12.2. The predicted octanol–water partition coefficient (Wildman–Crippen LogP) is 3.95. The zero-order chi connectivity index (χ0) is 18.1.